The molecule has 1 aromatic carbocycles. The molecule has 0 aliphatic carbocycles. The highest BCUT2D eigenvalue weighted by Crippen LogP contribution is 2.44. The number of rotatable bonds is 9. The molecule has 1 unspecified atom stereocenters. The van der Waals surface area contributed by atoms with Crippen LogP contribution in [0.15, 0.2) is 36.5 Å². The molecule has 7 nitrogen and oxygen atoms in total. The van der Waals surface area contributed by atoms with Crippen LogP contribution in [0.4, 0.5) is 0 Å². The van der Waals surface area contributed by atoms with Crippen molar-refractivity contribution in [3.8, 4) is 0 Å². The van der Waals surface area contributed by atoms with Crippen LogP contribution in [0.25, 0.3) is 10.8 Å². The molecule has 1 aromatic heterocycles. The number of amides is 1. The van der Waals surface area contributed by atoms with Gasteiger partial charge >= 0.3 is 7.82 Å². The predicted octanol–water partition coefficient (Wildman–Crippen LogP) is 2.83. The van der Waals surface area contributed by atoms with E-state index in [-0.39, 0.29) is 18.9 Å². The number of aromatic nitrogens is 1. The number of pyridine rings is 1. The van der Waals surface area contributed by atoms with Crippen LogP contribution < -0.4 is 5.32 Å². The van der Waals surface area contributed by atoms with Gasteiger partial charge in [0.2, 0.25) is 5.91 Å². The van der Waals surface area contributed by atoms with E-state index in [1.54, 1.807) is 20.0 Å². The largest absolute Gasteiger partial charge is 0.472 e. The fourth-order valence-corrected chi connectivity index (χ4v) is 3.18. The van der Waals surface area contributed by atoms with Crippen molar-refractivity contribution in [2.24, 2.45) is 0 Å². The van der Waals surface area contributed by atoms with Crippen LogP contribution in [0, 0.1) is 0 Å². The van der Waals surface area contributed by atoms with Crippen LogP contribution in [-0.2, 0) is 24.8 Å². The van der Waals surface area contributed by atoms with Gasteiger partial charge in [-0.3, -0.25) is 18.8 Å². The summed E-state index contributed by atoms with van der Waals surface area (Å²) < 4.78 is 21.1. The van der Waals surface area contributed by atoms with Gasteiger partial charge in [0.15, 0.2) is 0 Å². The Balaban J connectivity index is 1.71. The van der Waals surface area contributed by atoms with Crippen molar-refractivity contribution in [1.82, 2.24) is 10.3 Å². The monoisotopic (exact) mass is 366 g/mol. The Morgan fingerprint density at radius 2 is 2.04 bits per heavy atom. The number of nitrogens with zero attached hydrogens (tertiary/aromatic N) is 1. The molecule has 8 heteroatoms. The Bertz CT molecular complexity index is 766. The highest BCUT2D eigenvalue weighted by atomic mass is 31.2. The van der Waals surface area contributed by atoms with Gasteiger partial charge in [0, 0.05) is 18.1 Å². The summed E-state index contributed by atoms with van der Waals surface area (Å²) in [5.41, 5.74) is 0.692. The first-order valence-corrected chi connectivity index (χ1v) is 9.61. The molecule has 0 fully saturated rings. The molecule has 2 aromatic rings. The number of fused-ring (bicyclic) bond motifs is 1. The first kappa shape index (κ1) is 19.5. The molecular formula is C17H23N2O5P. The van der Waals surface area contributed by atoms with Gasteiger partial charge in [-0.05, 0) is 31.7 Å². The topological polar surface area (TPSA) is 97.8 Å². The molecule has 25 heavy (non-hydrogen) atoms. The number of nitrogens with one attached hydrogen (secondary N) is 1. The van der Waals surface area contributed by atoms with Crippen LogP contribution >= 0.6 is 7.82 Å². The number of hydrogen-bond acceptors (Lipinski definition) is 5. The normalized spacial score (nSPS) is 13.8. The predicted molar refractivity (Wildman–Crippen MR) is 95.1 cm³/mol. The van der Waals surface area contributed by atoms with Gasteiger partial charge in [-0.15, -0.1) is 0 Å². The van der Waals surface area contributed by atoms with E-state index < -0.39 is 13.9 Å². The Morgan fingerprint density at radius 3 is 2.76 bits per heavy atom. The summed E-state index contributed by atoms with van der Waals surface area (Å²) in [5, 5.41) is 4.80. The van der Waals surface area contributed by atoms with Crippen LogP contribution in [0.1, 0.15) is 26.0 Å². The third-order valence-electron chi connectivity index (χ3n) is 3.27. The van der Waals surface area contributed by atoms with Gasteiger partial charge in [-0.1, -0.05) is 24.3 Å². The molecule has 1 amide bonds. The molecule has 0 aliphatic heterocycles. The summed E-state index contributed by atoms with van der Waals surface area (Å²) in [7, 11) is -4.01. The van der Waals surface area contributed by atoms with Crippen molar-refractivity contribution in [2.45, 2.75) is 32.8 Å². The van der Waals surface area contributed by atoms with E-state index in [0.717, 1.165) is 10.8 Å². The molecule has 0 saturated heterocycles. The summed E-state index contributed by atoms with van der Waals surface area (Å²) in [6, 6.07) is 9.71. The van der Waals surface area contributed by atoms with Crippen LogP contribution in [0.3, 0.4) is 0 Å². The zero-order valence-corrected chi connectivity index (χ0v) is 15.2. The first-order chi connectivity index (χ1) is 11.9. The second kappa shape index (κ2) is 9.06. The van der Waals surface area contributed by atoms with Crippen molar-refractivity contribution in [1.29, 1.82) is 0 Å². The second-order valence-corrected chi connectivity index (χ2v) is 7.27. The second-order valence-electron chi connectivity index (χ2n) is 5.86. The van der Waals surface area contributed by atoms with Gasteiger partial charge < -0.3 is 10.2 Å². The molecular weight excluding hydrogens is 343 g/mol. The van der Waals surface area contributed by atoms with Crippen LogP contribution in [0.5, 0.6) is 0 Å². The lowest BCUT2D eigenvalue weighted by molar-refractivity contribution is -0.120. The number of carbonyl (C=O) groups excluding carboxylic acids is 1. The summed E-state index contributed by atoms with van der Waals surface area (Å²) >= 11 is 0. The minimum Gasteiger partial charge on any atom is -0.356 e. The standard InChI is InChI=1S/C17H23N2O5P/c1-13(2)24-25(21,22)23-9-5-8-18-17(20)11-16-10-14-6-3-4-7-15(14)12-19-16/h3-4,6-7,10,12-13H,5,8-9,11H2,1-2H3,(H,18,20)(H,21,22). The zero-order chi connectivity index (χ0) is 18.3. The number of phosphoric acid groups is 1. The van der Waals surface area contributed by atoms with Gasteiger partial charge in [0.25, 0.3) is 0 Å². The molecule has 1 heterocycles. The van der Waals surface area contributed by atoms with Crippen LogP contribution in [0.2, 0.25) is 0 Å². The summed E-state index contributed by atoms with van der Waals surface area (Å²) in [5.74, 6) is -0.159. The van der Waals surface area contributed by atoms with Gasteiger partial charge in [0.1, 0.15) is 0 Å². The van der Waals surface area contributed by atoms with E-state index in [1.165, 1.54) is 0 Å². The summed E-state index contributed by atoms with van der Waals surface area (Å²) in [4.78, 5) is 25.6. The third-order valence-corrected chi connectivity index (χ3v) is 4.47. The molecule has 0 saturated carbocycles. The third kappa shape index (κ3) is 6.92. The molecule has 2 rings (SSSR count). The molecule has 0 aliphatic rings. The smallest absolute Gasteiger partial charge is 0.356 e. The van der Waals surface area contributed by atoms with E-state index in [9.17, 15) is 14.3 Å². The van der Waals surface area contributed by atoms with Crippen molar-refractivity contribution in [3.05, 3.63) is 42.2 Å². The van der Waals surface area contributed by atoms with E-state index in [4.69, 9.17) is 9.05 Å². The summed E-state index contributed by atoms with van der Waals surface area (Å²) in [6.45, 7) is 3.66. The Kier molecular flexibility index (Phi) is 7.08. The quantitative estimate of drug-likeness (QED) is 0.523. The molecule has 2 N–H and O–H groups in total. The van der Waals surface area contributed by atoms with E-state index >= 15 is 0 Å². The van der Waals surface area contributed by atoms with Crippen molar-refractivity contribution in [3.63, 3.8) is 0 Å². The van der Waals surface area contributed by atoms with Gasteiger partial charge in [0.05, 0.1) is 24.8 Å². The number of benzene rings is 1. The molecule has 0 radical (unpaired) electrons. The molecule has 1 atom stereocenters. The maximum atomic E-state index is 11.9. The molecule has 0 bridgehead atoms. The van der Waals surface area contributed by atoms with E-state index in [0.29, 0.717) is 18.7 Å². The molecule has 136 valence electrons. The number of carbonyl (C=O) groups is 1. The highest BCUT2D eigenvalue weighted by molar-refractivity contribution is 7.47. The van der Waals surface area contributed by atoms with Gasteiger partial charge in [-0.25, -0.2) is 4.57 Å². The lowest BCUT2D eigenvalue weighted by Gasteiger charge is -2.14. The minimum atomic E-state index is -4.01. The average molecular weight is 366 g/mol. The minimum absolute atomic E-state index is 0.0228. The van der Waals surface area contributed by atoms with Crippen molar-refractivity contribution in [2.75, 3.05) is 13.2 Å². The van der Waals surface area contributed by atoms with Crippen molar-refractivity contribution >= 4 is 24.5 Å². The van der Waals surface area contributed by atoms with E-state index in [2.05, 4.69) is 10.3 Å². The van der Waals surface area contributed by atoms with Crippen molar-refractivity contribution < 1.29 is 23.3 Å². The lowest BCUT2D eigenvalue weighted by atomic mass is 10.1. The fraction of sp³-hybridized carbons (Fsp3) is 0.412. The SMILES string of the molecule is CC(C)OP(=O)(O)OCCCNC(=O)Cc1cc2ccccc2cn1. The van der Waals surface area contributed by atoms with Crippen LogP contribution in [-0.4, -0.2) is 35.0 Å². The maximum Gasteiger partial charge on any atom is 0.472 e. The molecule has 0 spiro atoms. The lowest BCUT2D eigenvalue weighted by Crippen LogP contribution is -2.27. The number of phosphoric ester groups is 1. The highest BCUT2D eigenvalue weighted by Gasteiger charge is 2.22. The average Bonchev–Trinajstić information content (AvgIpc) is 2.53. The van der Waals surface area contributed by atoms with E-state index in [1.807, 2.05) is 30.3 Å². The zero-order valence-electron chi connectivity index (χ0n) is 14.3. The summed E-state index contributed by atoms with van der Waals surface area (Å²) in [6.07, 6.45) is 1.94. The Labute approximate surface area is 147 Å². The maximum absolute atomic E-state index is 11.9. The Hall–Kier alpha value is -1.79. The number of hydrogen-bond donors (Lipinski definition) is 2. The Morgan fingerprint density at radius 1 is 1.32 bits per heavy atom. The fourth-order valence-electron chi connectivity index (χ4n) is 2.23. The van der Waals surface area contributed by atoms with Gasteiger partial charge in [-0.2, -0.15) is 0 Å². The first-order valence-electron chi connectivity index (χ1n) is 8.12.